The Morgan fingerprint density at radius 1 is 1.28 bits per heavy atom. The minimum atomic E-state index is -0.0255. The van der Waals surface area contributed by atoms with Gasteiger partial charge in [0.2, 0.25) is 0 Å². The average molecular weight is 455 g/mol. The van der Waals surface area contributed by atoms with Crippen LogP contribution in [0.3, 0.4) is 0 Å². The van der Waals surface area contributed by atoms with E-state index in [1.165, 1.54) is 4.88 Å². The number of rotatable bonds is 10. The fourth-order valence-electron chi connectivity index (χ4n) is 3.93. The number of allylic oxidation sites excluding steroid dienone is 1. The maximum atomic E-state index is 13.5. The first-order chi connectivity index (χ1) is 15.6. The smallest absolute Gasteiger partial charge is 0.261 e. The molecule has 1 amide bonds. The molecule has 1 aliphatic heterocycles. The van der Waals surface area contributed by atoms with E-state index in [1.54, 1.807) is 24.6 Å². The van der Waals surface area contributed by atoms with E-state index in [0.717, 1.165) is 49.5 Å². The predicted molar refractivity (Wildman–Crippen MR) is 134 cm³/mol. The van der Waals surface area contributed by atoms with Gasteiger partial charge in [0.15, 0.2) is 0 Å². The van der Waals surface area contributed by atoms with Gasteiger partial charge in [0.25, 0.3) is 5.91 Å². The molecule has 1 aromatic heterocycles. The lowest BCUT2D eigenvalue weighted by atomic mass is 10.1. The summed E-state index contributed by atoms with van der Waals surface area (Å²) in [5.41, 5.74) is 2.58. The third-order valence-corrected chi connectivity index (χ3v) is 6.54. The molecule has 1 N–H and O–H groups in total. The van der Waals surface area contributed by atoms with Crippen LogP contribution in [0.1, 0.15) is 37.2 Å². The zero-order valence-electron chi connectivity index (χ0n) is 19.5. The summed E-state index contributed by atoms with van der Waals surface area (Å²) >= 11 is 1.70. The minimum Gasteiger partial charge on any atom is -0.485 e. The molecule has 172 valence electrons. The number of thiophene rings is 1. The van der Waals surface area contributed by atoms with Crippen LogP contribution >= 0.6 is 11.3 Å². The third-order valence-electron chi connectivity index (χ3n) is 5.58. The first kappa shape index (κ1) is 24.0. The van der Waals surface area contributed by atoms with Crippen molar-refractivity contribution in [2.24, 2.45) is 4.99 Å². The standard InChI is InChI=1S/C25H34N4O2S/c1-5-8-22-21(18-27-3)25(30)29(15-14-28(22)4)19-9-6-10-20(17-19)31-23(12-13-26-2)24-11-7-16-32-24/h6-7,9-11,16-18,23,26H,5,8,12-15H2,1-4H3. The van der Waals surface area contributed by atoms with Gasteiger partial charge in [0.05, 0.1) is 5.57 Å². The second kappa shape index (κ2) is 11.8. The molecule has 32 heavy (non-hydrogen) atoms. The molecule has 0 radical (unpaired) electrons. The number of anilines is 1. The molecule has 7 heteroatoms. The second-order valence-corrected chi connectivity index (χ2v) is 8.87. The Morgan fingerprint density at radius 2 is 2.12 bits per heavy atom. The van der Waals surface area contributed by atoms with Crippen molar-refractivity contribution < 1.29 is 9.53 Å². The Balaban J connectivity index is 1.88. The molecule has 0 fully saturated rings. The van der Waals surface area contributed by atoms with E-state index in [4.69, 9.17) is 4.74 Å². The number of benzene rings is 1. The van der Waals surface area contributed by atoms with Crippen molar-refractivity contribution in [3.05, 3.63) is 57.9 Å². The minimum absolute atomic E-state index is 0.00876. The first-order valence-corrected chi connectivity index (χ1v) is 12.1. The summed E-state index contributed by atoms with van der Waals surface area (Å²) < 4.78 is 6.40. The molecular weight excluding hydrogens is 420 g/mol. The van der Waals surface area contributed by atoms with Crippen LogP contribution in [0.2, 0.25) is 0 Å². The molecule has 0 bridgehead atoms. The number of amides is 1. The first-order valence-electron chi connectivity index (χ1n) is 11.2. The molecule has 2 aromatic rings. The molecule has 6 nitrogen and oxygen atoms in total. The van der Waals surface area contributed by atoms with Crippen molar-refractivity contribution >= 4 is 29.1 Å². The van der Waals surface area contributed by atoms with Crippen LogP contribution in [0, 0.1) is 0 Å². The maximum Gasteiger partial charge on any atom is 0.261 e. The number of nitrogens with zero attached hydrogens (tertiary/aromatic N) is 3. The number of likely N-dealkylation sites (N-methyl/N-ethyl adjacent to an activating group) is 1. The van der Waals surface area contributed by atoms with E-state index in [9.17, 15) is 4.79 Å². The summed E-state index contributed by atoms with van der Waals surface area (Å²) in [5.74, 6) is 0.761. The Bertz CT molecular complexity index is 939. The van der Waals surface area contributed by atoms with Crippen molar-refractivity contribution in [3.63, 3.8) is 0 Å². The number of ether oxygens (including phenoxy) is 1. The van der Waals surface area contributed by atoms with Gasteiger partial charge >= 0.3 is 0 Å². The molecule has 0 saturated carbocycles. The number of hydrogen-bond acceptors (Lipinski definition) is 6. The van der Waals surface area contributed by atoms with Gasteiger partial charge < -0.3 is 19.9 Å². The molecule has 0 spiro atoms. The molecule has 1 atom stereocenters. The van der Waals surface area contributed by atoms with Gasteiger partial charge in [-0.25, -0.2) is 0 Å². The fourth-order valence-corrected chi connectivity index (χ4v) is 4.72. The van der Waals surface area contributed by atoms with Gasteiger partial charge in [-0.1, -0.05) is 25.5 Å². The molecule has 3 rings (SSSR count). The van der Waals surface area contributed by atoms with Crippen molar-refractivity contribution in [2.45, 2.75) is 32.3 Å². The largest absolute Gasteiger partial charge is 0.485 e. The number of carbonyl (C=O) groups excluding carboxylic acids is 1. The number of hydrogen-bond donors (Lipinski definition) is 1. The summed E-state index contributed by atoms with van der Waals surface area (Å²) in [6.07, 6.45) is 4.38. The third kappa shape index (κ3) is 5.78. The monoisotopic (exact) mass is 454 g/mol. The maximum absolute atomic E-state index is 13.5. The van der Waals surface area contributed by atoms with E-state index in [2.05, 4.69) is 46.7 Å². The van der Waals surface area contributed by atoms with E-state index >= 15 is 0 Å². The van der Waals surface area contributed by atoms with Gasteiger partial charge in [-0.3, -0.25) is 9.79 Å². The number of aliphatic imine (C=N–C) groups is 1. The lowest BCUT2D eigenvalue weighted by Gasteiger charge is -2.24. The summed E-state index contributed by atoms with van der Waals surface area (Å²) in [7, 11) is 5.72. The summed E-state index contributed by atoms with van der Waals surface area (Å²) in [4.78, 5) is 22.9. The van der Waals surface area contributed by atoms with E-state index < -0.39 is 0 Å². The SMILES string of the molecule is CCCC1=C(C=NC)C(=O)N(c2cccc(OC(CCNC)c3cccs3)c2)CCN1C. The van der Waals surface area contributed by atoms with Crippen LogP contribution in [0.25, 0.3) is 0 Å². The van der Waals surface area contributed by atoms with Crippen LogP contribution in [-0.2, 0) is 4.79 Å². The Labute approximate surface area is 195 Å². The van der Waals surface area contributed by atoms with E-state index in [0.29, 0.717) is 12.1 Å². The van der Waals surface area contributed by atoms with Crippen molar-refractivity contribution in [3.8, 4) is 5.75 Å². The van der Waals surface area contributed by atoms with Gasteiger partial charge in [0, 0.05) is 62.1 Å². The van der Waals surface area contributed by atoms with Crippen molar-refractivity contribution in [2.75, 3.05) is 45.7 Å². The zero-order valence-corrected chi connectivity index (χ0v) is 20.3. The highest BCUT2D eigenvalue weighted by Gasteiger charge is 2.27. The molecule has 1 unspecified atom stereocenters. The summed E-state index contributed by atoms with van der Waals surface area (Å²) in [5, 5.41) is 5.28. The Hall–Kier alpha value is -2.64. The molecule has 0 aliphatic carbocycles. The Morgan fingerprint density at radius 3 is 2.81 bits per heavy atom. The van der Waals surface area contributed by atoms with Crippen LogP contribution in [0.15, 0.2) is 58.0 Å². The van der Waals surface area contributed by atoms with Crippen LogP contribution < -0.4 is 15.0 Å². The highest BCUT2D eigenvalue weighted by Crippen LogP contribution is 2.31. The van der Waals surface area contributed by atoms with Crippen LogP contribution in [-0.4, -0.2) is 57.8 Å². The number of carbonyl (C=O) groups is 1. The quantitative estimate of drug-likeness (QED) is 0.537. The number of nitrogens with one attached hydrogen (secondary N) is 1. The van der Waals surface area contributed by atoms with Gasteiger partial charge in [-0.05, 0) is 43.6 Å². The van der Waals surface area contributed by atoms with Gasteiger partial charge in [-0.2, -0.15) is 0 Å². The highest BCUT2D eigenvalue weighted by atomic mass is 32.1. The van der Waals surface area contributed by atoms with Crippen LogP contribution in [0.5, 0.6) is 5.75 Å². The van der Waals surface area contributed by atoms with Gasteiger partial charge in [0.1, 0.15) is 11.9 Å². The summed E-state index contributed by atoms with van der Waals surface area (Å²) in [6.45, 7) is 4.38. The fraction of sp³-hybridized carbons (Fsp3) is 0.440. The topological polar surface area (TPSA) is 57.2 Å². The van der Waals surface area contributed by atoms with Crippen molar-refractivity contribution in [1.82, 2.24) is 10.2 Å². The molecule has 1 aromatic carbocycles. The van der Waals surface area contributed by atoms with Crippen LogP contribution in [0.4, 0.5) is 5.69 Å². The zero-order chi connectivity index (χ0) is 22.9. The average Bonchev–Trinajstić information content (AvgIpc) is 3.30. The van der Waals surface area contributed by atoms with Crippen molar-refractivity contribution in [1.29, 1.82) is 0 Å². The predicted octanol–water partition coefficient (Wildman–Crippen LogP) is 4.51. The second-order valence-electron chi connectivity index (χ2n) is 7.89. The van der Waals surface area contributed by atoms with Gasteiger partial charge in [-0.15, -0.1) is 11.3 Å². The van der Waals surface area contributed by atoms with E-state index in [-0.39, 0.29) is 12.0 Å². The lowest BCUT2D eigenvalue weighted by molar-refractivity contribution is -0.114. The molecule has 1 aliphatic rings. The normalized spacial score (nSPS) is 16.1. The molecular formula is C25H34N4O2S. The highest BCUT2D eigenvalue weighted by molar-refractivity contribution is 7.10. The lowest BCUT2D eigenvalue weighted by Crippen LogP contribution is -2.34. The summed E-state index contributed by atoms with van der Waals surface area (Å²) in [6, 6.07) is 12.0. The van der Waals surface area contributed by atoms with E-state index in [1.807, 2.05) is 36.2 Å². The molecule has 0 saturated heterocycles. The Kier molecular flexibility index (Phi) is 8.88. The molecule has 2 heterocycles.